The van der Waals surface area contributed by atoms with Crippen LogP contribution in [0.2, 0.25) is 0 Å². The number of imide groups is 2. The summed E-state index contributed by atoms with van der Waals surface area (Å²) in [5, 5.41) is 3.77. The van der Waals surface area contributed by atoms with Crippen LogP contribution < -0.4 is 5.32 Å². The van der Waals surface area contributed by atoms with Gasteiger partial charge in [-0.1, -0.05) is 51.0 Å². The van der Waals surface area contributed by atoms with Crippen LogP contribution in [0.3, 0.4) is 0 Å². The van der Waals surface area contributed by atoms with Gasteiger partial charge in [0.25, 0.3) is 5.91 Å². The molecule has 0 aromatic heterocycles. The summed E-state index contributed by atoms with van der Waals surface area (Å²) in [6, 6.07) is -0.676. The number of ketones is 1. The quantitative estimate of drug-likeness (QED) is 0.459. The number of allylic oxidation sites excluding steroid dienone is 1. The van der Waals surface area contributed by atoms with Gasteiger partial charge in [0.05, 0.1) is 6.54 Å². The first-order chi connectivity index (χ1) is 16.8. The molecule has 4 aliphatic rings. The Hall–Kier alpha value is -2.02. The number of rotatable bonds is 4. The zero-order valence-electron chi connectivity index (χ0n) is 21.7. The Kier molecular flexibility index (Phi) is 8.14. The molecule has 1 spiro atoms. The van der Waals surface area contributed by atoms with Gasteiger partial charge in [-0.2, -0.15) is 0 Å². The topological polar surface area (TPSA) is 86.8 Å². The molecule has 3 fully saturated rings. The van der Waals surface area contributed by atoms with Crippen molar-refractivity contribution in [2.45, 2.75) is 109 Å². The van der Waals surface area contributed by atoms with Gasteiger partial charge in [-0.05, 0) is 70.4 Å². The molecule has 0 radical (unpaired) electrons. The van der Waals surface area contributed by atoms with E-state index in [2.05, 4.69) is 5.32 Å². The standard InChI is InChI=1S/C28H43N3O4/c1-27(22-13-9-8-10-14-22)24(33)30(2)26(35)31(25(27)34)20-23(32)21-15-18-29-28(19-21)16-11-6-4-3-5-7-12-17-28/h13,21,29H,3-12,14-20H2,1-2H3. The van der Waals surface area contributed by atoms with Crippen LogP contribution in [0.5, 0.6) is 0 Å². The Morgan fingerprint density at radius 2 is 1.63 bits per heavy atom. The van der Waals surface area contributed by atoms with Gasteiger partial charge >= 0.3 is 6.03 Å². The third kappa shape index (κ3) is 5.25. The molecule has 1 saturated carbocycles. The van der Waals surface area contributed by atoms with Gasteiger partial charge in [0, 0.05) is 18.5 Å². The predicted molar refractivity (Wildman–Crippen MR) is 135 cm³/mol. The summed E-state index contributed by atoms with van der Waals surface area (Å²) in [7, 11) is 1.43. The van der Waals surface area contributed by atoms with Crippen molar-refractivity contribution in [3.05, 3.63) is 11.6 Å². The minimum atomic E-state index is -1.39. The van der Waals surface area contributed by atoms with Gasteiger partial charge in [0.2, 0.25) is 5.91 Å². The lowest BCUT2D eigenvalue weighted by molar-refractivity contribution is -0.155. The molecule has 4 amide bonds. The van der Waals surface area contributed by atoms with Crippen molar-refractivity contribution in [1.29, 1.82) is 0 Å². The van der Waals surface area contributed by atoms with Crippen molar-refractivity contribution in [2.75, 3.05) is 20.1 Å². The highest BCUT2D eigenvalue weighted by atomic mass is 16.2. The lowest BCUT2D eigenvalue weighted by Crippen LogP contribution is -2.65. The first-order valence-corrected chi connectivity index (χ1v) is 13.9. The number of carbonyl (C=O) groups is 4. The van der Waals surface area contributed by atoms with Crippen LogP contribution in [0.1, 0.15) is 103 Å². The van der Waals surface area contributed by atoms with Crippen molar-refractivity contribution in [2.24, 2.45) is 11.3 Å². The first-order valence-electron chi connectivity index (χ1n) is 13.9. The number of Topliss-reactive ketones (excluding diaryl/α,β-unsaturated/α-hetero) is 1. The van der Waals surface area contributed by atoms with E-state index < -0.39 is 23.3 Å². The fourth-order valence-corrected chi connectivity index (χ4v) is 6.79. The molecule has 1 N–H and O–H groups in total. The number of piperidine rings is 1. The molecule has 2 aliphatic heterocycles. The van der Waals surface area contributed by atoms with Crippen LogP contribution in [0, 0.1) is 11.3 Å². The van der Waals surface area contributed by atoms with Crippen LogP contribution >= 0.6 is 0 Å². The molecule has 2 unspecified atom stereocenters. The highest BCUT2D eigenvalue weighted by Gasteiger charge is 2.55. The van der Waals surface area contributed by atoms with E-state index in [0.717, 1.165) is 66.9 Å². The Morgan fingerprint density at radius 1 is 0.971 bits per heavy atom. The number of hydrogen-bond acceptors (Lipinski definition) is 5. The van der Waals surface area contributed by atoms with E-state index in [1.807, 2.05) is 6.08 Å². The fourth-order valence-electron chi connectivity index (χ4n) is 6.79. The summed E-state index contributed by atoms with van der Waals surface area (Å²) in [4.78, 5) is 55.4. The molecule has 4 rings (SSSR count). The zero-order valence-corrected chi connectivity index (χ0v) is 21.7. The van der Waals surface area contributed by atoms with Gasteiger partial charge in [-0.15, -0.1) is 0 Å². The highest BCUT2D eigenvalue weighted by molar-refractivity contribution is 6.21. The number of urea groups is 1. The Balaban J connectivity index is 1.49. The maximum atomic E-state index is 13.6. The number of carbonyl (C=O) groups excluding carboxylic acids is 4. The molecule has 2 aliphatic carbocycles. The minimum absolute atomic E-state index is 0.0139. The number of barbiturate groups is 1. The average molecular weight is 486 g/mol. The Labute approximate surface area is 210 Å². The number of amides is 4. The first kappa shape index (κ1) is 26.1. The lowest BCUT2D eigenvalue weighted by Gasteiger charge is -2.44. The molecule has 35 heavy (non-hydrogen) atoms. The molecule has 2 heterocycles. The monoisotopic (exact) mass is 485 g/mol. The van der Waals surface area contributed by atoms with Crippen molar-refractivity contribution in [1.82, 2.24) is 15.1 Å². The van der Waals surface area contributed by atoms with Crippen molar-refractivity contribution in [3.63, 3.8) is 0 Å². The SMILES string of the molecule is CN1C(=O)N(CC(=O)C2CCNC3(CCCCCCCCC3)C2)C(=O)C(C)(C2=CCCCC2)C1=O. The maximum absolute atomic E-state index is 13.6. The minimum Gasteiger partial charge on any atom is -0.311 e. The normalized spacial score (nSPS) is 30.9. The van der Waals surface area contributed by atoms with E-state index in [9.17, 15) is 19.2 Å². The Morgan fingerprint density at radius 3 is 2.26 bits per heavy atom. The van der Waals surface area contributed by atoms with Gasteiger partial charge in [-0.25, -0.2) is 4.79 Å². The molecule has 0 bridgehead atoms. The second kappa shape index (κ2) is 10.9. The number of nitrogens with one attached hydrogen (secondary N) is 1. The highest BCUT2D eigenvalue weighted by Crippen LogP contribution is 2.41. The van der Waals surface area contributed by atoms with E-state index in [-0.39, 0.29) is 23.8 Å². The van der Waals surface area contributed by atoms with Crippen molar-refractivity contribution < 1.29 is 19.2 Å². The maximum Gasteiger partial charge on any atom is 0.333 e. The van der Waals surface area contributed by atoms with Crippen LogP contribution in [0.25, 0.3) is 0 Å². The van der Waals surface area contributed by atoms with Crippen LogP contribution in [0.4, 0.5) is 4.79 Å². The second-order valence-electron chi connectivity index (χ2n) is 11.5. The molecule has 2 atom stereocenters. The average Bonchev–Trinajstić information content (AvgIpc) is 2.88. The smallest absolute Gasteiger partial charge is 0.311 e. The Bertz CT molecular complexity index is 871. The van der Waals surface area contributed by atoms with Gasteiger partial charge in [0.1, 0.15) is 5.41 Å². The summed E-state index contributed by atoms with van der Waals surface area (Å²) in [5.41, 5.74) is -0.618. The van der Waals surface area contributed by atoms with E-state index in [4.69, 9.17) is 0 Å². The molecule has 0 aromatic carbocycles. The second-order valence-corrected chi connectivity index (χ2v) is 11.5. The molecule has 0 aromatic rings. The molecule has 7 heteroatoms. The predicted octanol–water partition coefficient (Wildman–Crippen LogP) is 4.75. The van der Waals surface area contributed by atoms with Gasteiger partial charge < -0.3 is 5.32 Å². The van der Waals surface area contributed by atoms with E-state index >= 15 is 0 Å². The van der Waals surface area contributed by atoms with E-state index in [1.165, 1.54) is 52.0 Å². The third-order valence-electron chi connectivity index (χ3n) is 9.07. The van der Waals surface area contributed by atoms with Crippen LogP contribution in [-0.4, -0.2) is 59.1 Å². The summed E-state index contributed by atoms with van der Waals surface area (Å²) in [6.07, 6.45) is 17.9. The molecular formula is C28H43N3O4. The summed E-state index contributed by atoms with van der Waals surface area (Å²) >= 11 is 0. The fraction of sp³-hybridized carbons (Fsp3) is 0.786. The summed E-state index contributed by atoms with van der Waals surface area (Å²) in [6.45, 7) is 2.19. The summed E-state index contributed by atoms with van der Waals surface area (Å²) < 4.78 is 0. The lowest BCUT2D eigenvalue weighted by atomic mass is 9.73. The van der Waals surface area contributed by atoms with Gasteiger partial charge in [-0.3, -0.25) is 24.2 Å². The van der Waals surface area contributed by atoms with Gasteiger partial charge in [0.15, 0.2) is 5.78 Å². The number of nitrogens with zero attached hydrogens (tertiary/aromatic N) is 2. The van der Waals surface area contributed by atoms with Crippen LogP contribution in [0.15, 0.2) is 11.6 Å². The zero-order chi connectivity index (χ0) is 25.1. The van der Waals surface area contributed by atoms with Crippen LogP contribution in [-0.2, 0) is 14.4 Å². The van der Waals surface area contributed by atoms with Crippen molar-refractivity contribution >= 4 is 23.6 Å². The largest absolute Gasteiger partial charge is 0.333 e. The third-order valence-corrected chi connectivity index (χ3v) is 9.07. The number of hydrogen-bond donors (Lipinski definition) is 1. The summed E-state index contributed by atoms with van der Waals surface area (Å²) in [5.74, 6) is -1.23. The molecule has 2 saturated heterocycles. The van der Waals surface area contributed by atoms with E-state index in [1.54, 1.807) is 6.92 Å². The molecule has 7 nitrogen and oxygen atoms in total. The van der Waals surface area contributed by atoms with E-state index in [0.29, 0.717) is 6.42 Å². The van der Waals surface area contributed by atoms with Crippen molar-refractivity contribution in [3.8, 4) is 0 Å². The molecule has 194 valence electrons. The molecular weight excluding hydrogens is 442 g/mol.